The summed E-state index contributed by atoms with van der Waals surface area (Å²) in [6.07, 6.45) is 2.13. The summed E-state index contributed by atoms with van der Waals surface area (Å²) in [5, 5.41) is 1.21. The second-order valence-corrected chi connectivity index (χ2v) is 5.68. The number of hydrogen-bond acceptors (Lipinski definition) is 2. The van der Waals surface area contributed by atoms with E-state index in [-0.39, 0.29) is 0 Å². The summed E-state index contributed by atoms with van der Waals surface area (Å²) < 4.78 is 2.28. The van der Waals surface area contributed by atoms with Crippen LogP contribution < -0.4 is 5.73 Å². The predicted octanol–water partition coefficient (Wildman–Crippen LogP) is 3.03. The highest BCUT2D eigenvalue weighted by Gasteiger charge is 2.03. The maximum absolute atomic E-state index is 5.63. The van der Waals surface area contributed by atoms with Crippen LogP contribution in [0, 0.1) is 0 Å². The molecule has 4 heteroatoms. The Morgan fingerprint density at radius 2 is 2.24 bits per heavy atom. The summed E-state index contributed by atoms with van der Waals surface area (Å²) in [4.78, 5) is 0.459. The smallest absolute Gasteiger partial charge is 0.104 e. The van der Waals surface area contributed by atoms with Gasteiger partial charge in [0, 0.05) is 35.0 Å². The lowest BCUT2D eigenvalue weighted by atomic mass is 10.1. The summed E-state index contributed by atoms with van der Waals surface area (Å²) in [7, 11) is 0. The van der Waals surface area contributed by atoms with E-state index in [1.165, 1.54) is 16.7 Å². The number of aromatic nitrogens is 1. The third kappa shape index (κ3) is 2.82. The molecule has 1 heterocycles. The quantitative estimate of drug-likeness (QED) is 0.665. The normalized spacial score (nSPS) is 10.9. The first kappa shape index (κ1) is 12.5. The Hall–Kier alpha value is -1.00. The second-order valence-electron chi connectivity index (χ2n) is 3.84. The molecule has 0 aliphatic heterocycles. The molecule has 0 fully saturated rings. The van der Waals surface area contributed by atoms with Crippen molar-refractivity contribution in [2.45, 2.75) is 13.5 Å². The first-order valence-corrected chi connectivity index (χ1v) is 7.25. The molecule has 1 aromatic carbocycles. The van der Waals surface area contributed by atoms with E-state index in [2.05, 4.69) is 35.9 Å². The van der Waals surface area contributed by atoms with Gasteiger partial charge in [0.05, 0.1) is 0 Å². The van der Waals surface area contributed by atoms with Gasteiger partial charge in [-0.2, -0.15) is 11.8 Å². The molecular formula is C13H16N2S2. The van der Waals surface area contributed by atoms with Gasteiger partial charge in [0.25, 0.3) is 0 Å². The third-order valence-corrected chi connectivity index (χ3v) is 3.85. The van der Waals surface area contributed by atoms with Crippen LogP contribution in [0.4, 0.5) is 0 Å². The second kappa shape index (κ2) is 5.56. The molecule has 17 heavy (non-hydrogen) atoms. The molecule has 0 saturated heterocycles. The molecule has 0 radical (unpaired) electrons. The van der Waals surface area contributed by atoms with Gasteiger partial charge in [-0.05, 0) is 30.0 Å². The first-order chi connectivity index (χ1) is 8.22. The summed E-state index contributed by atoms with van der Waals surface area (Å²) >= 11 is 6.95. The van der Waals surface area contributed by atoms with E-state index in [9.17, 15) is 0 Å². The molecule has 1 aromatic heterocycles. The number of rotatable bonds is 5. The zero-order valence-electron chi connectivity index (χ0n) is 9.85. The van der Waals surface area contributed by atoms with Gasteiger partial charge in [-0.15, -0.1) is 0 Å². The number of aryl methyl sites for hydroxylation is 1. The minimum absolute atomic E-state index is 0.459. The molecule has 90 valence electrons. The summed E-state index contributed by atoms with van der Waals surface area (Å²) in [6.45, 7) is 3.24. The molecule has 0 saturated carbocycles. The van der Waals surface area contributed by atoms with Gasteiger partial charge in [0.1, 0.15) is 4.99 Å². The molecule has 0 bridgehead atoms. The number of benzene rings is 1. The van der Waals surface area contributed by atoms with E-state index >= 15 is 0 Å². The monoisotopic (exact) mass is 264 g/mol. The number of hydrogen-bond donors (Lipinski definition) is 1. The van der Waals surface area contributed by atoms with E-state index < -0.39 is 0 Å². The molecule has 0 spiro atoms. The van der Waals surface area contributed by atoms with E-state index in [1.54, 1.807) is 0 Å². The number of thioether (sulfide) groups is 1. The zero-order chi connectivity index (χ0) is 12.3. The summed E-state index contributed by atoms with van der Waals surface area (Å²) in [5.41, 5.74) is 7.82. The largest absolute Gasteiger partial charge is 0.389 e. The van der Waals surface area contributed by atoms with Crippen LogP contribution in [0.2, 0.25) is 0 Å². The van der Waals surface area contributed by atoms with E-state index in [1.807, 2.05) is 17.8 Å². The molecule has 0 atom stereocenters. The van der Waals surface area contributed by atoms with Crippen LogP contribution in [0.5, 0.6) is 0 Å². The third-order valence-electron chi connectivity index (χ3n) is 2.74. The molecule has 2 nitrogen and oxygen atoms in total. The van der Waals surface area contributed by atoms with Crippen LogP contribution in [0.25, 0.3) is 10.9 Å². The van der Waals surface area contributed by atoms with Crippen LogP contribution in [-0.2, 0) is 6.54 Å². The molecule has 0 aliphatic rings. The van der Waals surface area contributed by atoms with Gasteiger partial charge in [0.15, 0.2) is 0 Å². The van der Waals surface area contributed by atoms with E-state index in [0.29, 0.717) is 4.99 Å². The molecule has 0 aliphatic carbocycles. The fraction of sp³-hybridized carbons (Fsp3) is 0.308. The Labute approximate surface area is 111 Å². The van der Waals surface area contributed by atoms with Crippen molar-refractivity contribution in [2.24, 2.45) is 5.73 Å². The molecule has 2 aromatic rings. The highest BCUT2D eigenvalue weighted by molar-refractivity contribution is 7.99. The average Bonchev–Trinajstić information content (AvgIpc) is 2.72. The topological polar surface area (TPSA) is 30.9 Å². The minimum atomic E-state index is 0.459. The number of fused-ring (bicyclic) bond motifs is 1. The Bertz CT molecular complexity index is 531. The van der Waals surface area contributed by atoms with Crippen molar-refractivity contribution in [1.82, 2.24) is 4.57 Å². The molecule has 2 rings (SSSR count). The standard InChI is InChI=1S/C13H16N2S2/c1-2-17-8-7-15-6-5-10-9-11(13(14)16)3-4-12(10)15/h3-6,9H,2,7-8H2,1H3,(H2,14,16). The van der Waals surface area contributed by atoms with Crippen molar-refractivity contribution in [3.05, 3.63) is 36.0 Å². The lowest BCUT2D eigenvalue weighted by Gasteiger charge is -2.05. The zero-order valence-corrected chi connectivity index (χ0v) is 11.5. The minimum Gasteiger partial charge on any atom is -0.389 e. The van der Waals surface area contributed by atoms with Gasteiger partial charge >= 0.3 is 0 Å². The highest BCUT2D eigenvalue weighted by Crippen LogP contribution is 2.18. The van der Waals surface area contributed by atoms with E-state index in [4.69, 9.17) is 18.0 Å². The van der Waals surface area contributed by atoms with E-state index in [0.717, 1.165) is 17.9 Å². The lowest BCUT2D eigenvalue weighted by Crippen LogP contribution is -2.08. The van der Waals surface area contributed by atoms with Crippen molar-refractivity contribution >= 4 is 39.9 Å². The van der Waals surface area contributed by atoms with Crippen LogP contribution in [0.1, 0.15) is 12.5 Å². The maximum atomic E-state index is 5.63. The van der Waals surface area contributed by atoms with Crippen molar-refractivity contribution in [3.8, 4) is 0 Å². The van der Waals surface area contributed by atoms with Crippen LogP contribution in [0.15, 0.2) is 30.5 Å². The Morgan fingerprint density at radius 1 is 1.41 bits per heavy atom. The fourth-order valence-corrected chi connectivity index (χ4v) is 2.60. The first-order valence-electron chi connectivity index (χ1n) is 5.69. The Kier molecular flexibility index (Phi) is 4.07. The number of nitrogens with two attached hydrogens (primary N) is 1. The van der Waals surface area contributed by atoms with Gasteiger partial charge in [0.2, 0.25) is 0 Å². The fourth-order valence-electron chi connectivity index (χ4n) is 1.86. The average molecular weight is 264 g/mol. The van der Waals surface area contributed by atoms with Crippen molar-refractivity contribution in [2.75, 3.05) is 11.5 Å². The van der Waals surface area contributed by atoms with Crippen LogP contribution in [-0.4, -0.2) is 21.1 Å². The summed E-state index contributed by atoms with van der Waals surface area (Å²) in [6, 6.07) is 8.27. The van der Waals surface area contributed by atoms with Crippen molar-refractivity contribution < 1.29 is 0 Å². The number of nitrogens with zero attached hydrogens (tertiary/aromatic N) is 1. The lowest BCUT2D eigenvalue weighted by molar-refractivity contribution is 0.807. The highest BCUT2D eigenvalue weighted by atomic mass is 32.2. The van der Waals surface area contributed by atoms with Gasteiger partial charge in [-0.3, -0.25) is 0 Å². The predicted molar refractivity (Wildman–Crippen MR) is 80.8 cm³/mol. The van der Waals surface area contributed by atoms with Crippen LogP contribution in [0.3, 0.4) is 0 Å². The van der Waals surface area contributed by atoms with Crippen LogP contribution >= 0.6 is 24.0 Å². The van der Waals surface area contributed by atoms with Gasteiger partial charge < -0.3 is 10.3 Å². The molecular weight excluding hydrogens is 248 g/mol. The Morgan fingerprint density at radius 3 is 2.94 bits per heavy atom. The maximum Gasteiger partial charge on any atom is 0.104 e. The SMILES string of the molecule is CCSCCn1ccc2cc(C(N)=S)ccc21. The van der Waals surface area contributed by atoms with Crippen molar-refractivity contribution in [3.63, 3.8) is 0 Å². The van der Waals surface area contributed by atoms with Gasteiger partial charge in [-0.25, -0.2) is 0 Å². The molecule has 0 amide bonds. The van der Waals surface area contributed by atoms with Crippen molar-refractivity contribution in [1.29, 1.82) is 0 Å². The molecule has 2 N–H and O–H groups in total. The molecule has 0 unspecified atom stereocenters. The van der Waals surface area contributed by atoms with Gasteiger partial charge in [-0.1, -0.05) is 19.1 Å². The number of thiocarbonyl (C=S) groups is 1. The Balaban J connectivity index is 2.25. The summed E-state index contributed by atoms with van der Waals surface area (Å²) in [5.74, 6) is 2.32.